The lowest BCUT2D eigenvalue weighted by atomic mass is 10.2. The first-order valence-corrected chi connectivity index (χ1v) is 11.5. The van der Waals surface area contributed by atoms with Crippen LogP contribution in [0, 0.1) is 0 Å². The third kappa shape index (κ3) is 4.81. The monoisotopic (exact) mass is 439 g/mol. The van der Waals surface area contributed by atoms with E-state index in [2.05, 4.69) is 15.3 Å². The summed E-state index contributed by atoms with van der Waals surface area (Å²) < 4.78 is 30.3. The van der Waals surface area contributed by atoms with Gasteiger partial charge >= 0.3 is 0 Å². The fourth-order valence-electron chi connectivity index (χ4n) is 2.79. The lowest BCUT2D eigenvalue weighted by Crippen LogP contribution is -2.20. The number of aromatic nitrogens is 2. The normalized spacial score (nSPS) is 11.3. The predicted molar refractivity (Wildman–Crippen MR) is 115 cm³/mol. The number of sulfone groups is 1. The van der Waals surface area contributed by atoms with E-state index >= 15 is 0 Å². The largest absolute Gasteiger partial charge is 0.468 e. The Bertz CT molecular complexity index is 1270. The van der Waals surface area contributed by atoms with Crippen LogP contribution < -0.4 is 10.1 Å². The highest BCUT2D eigenvalue weighted by Gasteiger charge is 2.17. The van der Waals surface area contributed by atoms with Crippen molar-refractivity contribution >= 4 is 43.5 Å². The van der Waals surface area contributed by atoms with Gasteiger partial charge in [-0.3, -0.25) is 4.79 Å². The van der Waals surface area contributed by atoms with E-state index in [0.29, 0.717) is 16.6 Å². The van der Waals surface area contributed by atoms with Gasteiger partial charge in [0.1, 0.15) is 10.8 Å². The number of ether oxygens (including phenoxy) is 1. The Morgan fingerprint density at radius 1 is 1.03 bits per heavy atom. The molecule has 4 rings (SSSR count). The van der Waals surface area contributed by atoms with Crippen molar-refractivity contribution in [3.63, 3.8) is 0 Å². The van der Waals surface area contributed by atoms with Crippen LogP contribution in [0.5, 0.6) is 5.88 Å². The van der Waals surface area contributed by atoms with Crippen LogP contribution in [0.3, 0.4) is 0 Å². The van der Waals surface area contributed by atoms with Crippen LogP contribution in [0.4, 0.5) is 5.69 Å². The lowest BCUT2D eigenvalue weighted by Gasteiger charge is -2.08. The van der Waals surface area contributed by atoms with Gasteiger partial charge in [-0.25, -0.2) is 18.4 Å². The summed E-state index contributed by atoms with van der Waals surface area (Å²) in [5.74, 6) is -0.168. The summed E-state index contributed by atoms with van der Waals surface area (Å²) >= 11 is 1.29. The van der Waals surface area contributed by atoms with Crippen molar-refractivity contribution < 1.29 is 17.9 Å². The van der Waals surface area contributed by atoms with Gasteiger partial charge in [-0.2, -0.15) is 0 Å². The predicted octanol–water partition coefficient (Wildman–Crippen LogP) is 3.68. The summed E-state index contributed by atoms with van der Waals surface area (Å²) in [6, 6.07) is 15.5. The van der Waals surface area contributed by atoms with E-state index in [4.69, 9.17) is 4.74 Å². The maximum Gasteiger partial charge on any atom is 0.262 e. The molecule has 4 aromatic rings. The first-order valence-electron chi connectivity index (χ1n) is 8.98. The minimum absolute atomic E-state index is 0.150. The lowest BCUT2D eigenvalue weighted by molar-refractivity contribution is -0.118. The maximum absolute atomic E-state index is 12.4. The summed E-state index contributed by atoms with van der Waals surface area (Å²) in [6.07, 6.45) is 3.26. The van der Waals surface area contributed by atoms with Crippen molar-refractivity contribution in [2.45, 2.75) is 10.6 Å². The minimum Gasteiger partial charge on any atom is -0.468 e. The summed E-state index contributed by atoms with van der Waals surface area (Å²) in [6.45, 7) is -0.213. The summed E-state index contributed by atoms with van der Waals surface area (Å²) in [5, 5.41) is 6.90. The van der Waals surface area contributed by atoms with Crippen molar-refractivity contribution in [2.24, 2.45) is 0 Å². The molecule has 9 heteroatoms. The van der Waals surface area contributed by atoms with E-state index in [-0.39, 0.29) is 23.2 Å². The fraction of sp³-hybridized carbons (Fsp3) is 0.0952. The highest BCUT2D eigenvalue weighted by molar-refractivity contribution is 7.90. The number of hydrogen-bond acceptors (Lipinski definition) is 7. The number of anilines is 1. The second-order valence-corrected chi connectivity index (χ2v) is 9.38. The van der Waals surface area contributed by atoms with Crippen LogP contribution in [0.1, 0.15) is 5.01 Å². The molecule has 0 saturated heterocycles. The molecule has 0 aliphatic rings. The average Bonchev–Trinajstić information content (AvgIpc) is 3.25. The minimum atomic E-state index is -3.49. The first kappa shape index (κ1) is 20.0. The maximum atomic E-state index is 12.4. The molecule has 0 aliphatic heterocycles. The number of rotatable bonds is 7. The topological polar surface area (TPSA) is 98.2 Å². The molecule has 1 amide bonds. The molecule has 1 N–H and O–H groups in total. The Morgan fingerprint density at radius 3 is 2.53 bits per heavy atom. The number of hydrogen-bond donors (Lipinski definition) is 1. The number of thiazole rings is 1. The Labute approximate surface area is 177 Å². The van der Waals surface area contributed by atoms with Crippen LogP contribution in [-0.2, 0) is 20.4 Å². The molecule has 7 nitrogen and oxygen atoms in total. The second-order valence-electron chi connectivity index (χ2n) is 6.42. The molecule has 30 heavy (non-hydrogen) atoms. The molecule has 0 atom stereocenters. The second kappa shape index (κ2) is 8.60. The van der Waals surface area contributed by atoms with E-state index in [9.17, 15) is 13.2 Å². The van der Waals surface area contributed by atoms with Gasteiger partial charge in [-0.05, 0) is 29.7 Å². The van der Waals surface area contributed by atoms with Crippen LogP contribution in [0.25, 0.3) is 10.8 Å². The smallest absolute Gasteiger partial charge is 0.262 e. The Kier molecular flexibility index (Phi) is 5.73. The van der Waals surface area contributed by atoms with Crippen LogP contribution in [-0.4, -0.2) is 30.9 Å². The van der Waals surface area contributed by atoms with Gasteiger partial charge in [-0.1, -0.05) is 24.3 Å². The van der Waals surface area contributed by atoms with Crippen molar-refractivity contribution in [1.29, 1.82) is 0 Å². The number of fused-ring (bicyclic) bond motifs is 1. The van der Waals surface area contributed by atoms with Gasteiger partial charge < -0.3 is 10.1 Å². The molecule has 0 saturated carbocycles. The van der Waals surface area contributed by atoms with Crippen LogP contribution in [0.2, 0.25) is 0 Å². The van der Waals surface area contributed by atoms with E-state index in [0.717, 1.165) is 10.8 Å². The third-order valence-electron chi connectivity index (χ3n) is 4.25. The number of pyridine rings is 1. The zero-order valence-corrected chi connectivity index (χ0v) is 17.3. The quantitative estimate of drug-likeness (QED) is 0.472. The number of nitrogens with zero attached hydrogens (tertiary/aromatic N) is 2. The molecular formula is C21H17N3O4S2. The fourth-order valence-corrected chi connectivity index (χ4v) is 5.05. The average molecular weight is 440 g/mol. The van der Waals surface area contributed by atoms with Gasteiger partial charge in [0.2, 0.25) is 5.88 Å². The molecule has 0 bridgehead atoms. The SMILES string of the molecule is O=C(COc1cc2ccccc2cn1)Nc1ccc(S(=O)(=O)Cc2nccs2)cc1. The van der Waals surface area contributed by atoms with Gasteiger partial charge in [0.05, 0.1) is 4.90 Å². The van der Waals surface area contributed by atoms with Crippen molar-refractivity contribution in [3.8, 4) is 5.88 Å². The van der Waals surface area contributed by atoms with Crippen LogP contribution >= 0.6 is 11.3 Å². The van der Waals surface area contributed by atoms with E-state index in [1.807, 2.05) is 24.3 Å². The molecule has 0 spiro atoms. The van der Waals surface area contributed by atoms with E-state index in [1.54, 1.807) is 36.0 Å². The highest BCUT2D eigenvalue weighted by Crippen LogP contribution is 2.20. The molecule has 0 unspecified atom stereocenters. The van der Waals surface area contributed by atoms with Crippen LogP contribution in [0.15, 0.2) is 77.3 Å². The first-order chi connectivity index (χ1) is 14.5. The summed E-state index contributed by atoms with van der Waals surface area (Å²) in [5.41, 5.74) is 0.475. The number of carbonyl (C=O) groups excluding carboxylic acids is 1. The molecule has 2 aromatic carbocycles. The van der Waals surface area contributed by atoms with E-state index < -0.39 is 9.84 Å². The molecule has 0 radical (unpaired) electrons. The molecule has 0 aliphatic carbocycles. The molecular weight excluding hydrogens is 422 g/mol. The van der Waals surface area contributed by atoms with Crippen molar-refractivity contribution in [1.82, 2.24) is 9.97 Å². The van der Waals surface area contributed by atoms with Gasteiger partial charge in [0.15, 0.2) is 16.4 Å². The molecule has 2 heterocycles. The number of nitrogens with one attached hydrogen (secondary N) is 1. The number of benzene rings is 2. The standard InChI is InChI=1S/C21H17N3O4S2/c25-19(13-28-20-11-15-3-1-2-4-16(15)12-23-20)24-17-5-7-18(8-6-17)30(26,27)14-21-22-9-10-29-21/h1-12H,13-14H2,(H,24,25). The van der Waals surface area contributed by atoms with E-state index in [1.165, 1.54) is 23.5 Å². The van der Waals surface area contributed by atoms with Gasteiger partial charge in [0, 0.05) is 34.9 Å². The molecule has 0 fully saturated rings. The highest BCUT2D eigenvalue weighted by atomic mass is 32.2. The zero-order chi connectivity index (χ0) is 21.0. The molecule has 152 valence electrons. The Balaban J connectivity index is 1.35. The zero-order valence-electron chi connectivity index (χ0n) is 15.7. The van der Waals surface area contributed by atoms with Crippen molar-refractivity contribution in [3.05, 3.63) is 77.4 Å². The Hall–Kier alpha value is -3.30. The number of carbonyl (C=O) groups is 1. The van der Waals surface area contributed by atoms with Gasteiger partial charge in [0.25, 0.3) is 5.91 Å². The van der Waals surface area contributed by atoms with Crippen molar-refractivity contribution in [2.75, 3.05) is 11.9 Å². The van der Waals surface area contributed by atoms with Gasteiger partial charge in [-0.15, -0.1) is 11.3 Å². The Morgan fingerprint density at radius 2 is 1.80 bits per heavy atom. The summed E-state index contributed by atoms with van der Waals surface area (Å²) in [4.78, 5) is 20.5. The summed E-state index contributed by atoms with van der Waals surface area (Å²) in [7, 11) is -3.49. The number of amides is 1. The molecule has 2 aromatic heterocycles. The third-order valence-corrected chi connectivity index (χ3v) is 6.86.